The van der Waals surface area contributed by atoms with E-state index in [1.54, 1.807) is 0 Å². The van der Waals surface area contributed by atoms with Crippen molar-refractivity contribution in [2.75, 3.05) is 5.33 Å². The molecule has 0 aliphatic rings. The van der Waals surface area contributed by atoms with Crippen LogP contribution in [0.3, 0.4) is 0 Å². The second-order valence-corrected chi connectivity index (χ2v) is 5.91. The van der Waals surface area contributed by atoms with Gasteiger partial charge in [0.1, 0.15) is 5.82 Å². The molecule has 0 fully saturated rings. The number of amides is 1. The van der Waals surface area contributed by atoms with Gasteiger partial charge in [0.25, 0.3) is 5.91 Å². The molecule has 1 unspecified atom stereocenters. The third kappa shape index (κ3) is 4.21. The zero-order valence-corrected chi connectivity index (χ0v) is 13.4. The van der Waals surface area contributed by atoms with Crippen LogP contribution in [0, 0.1) is 15.3 Å². The van der Waals surface area contributed by atoms with Crippen LogP contribution in [0.1, 0.15) is 24.2 Å². The van der Waals surface area contributed by atoms with Crippen LogP contribution >= 0.6 is 38.5 Å². The molecule has 94 valence electrons. The highest BCUT2D eigenvalue weighted by atomic mass is 127. The zero-order chi connectivity index (χ0) is 13.0. The summed E-state index contributed by atoms with van der Waals surface area (Å²) in [4.78, 5) is 12.0. The molecule has 1 atom stereocenters. The summed E-state index contributed by atoms with van der Waals surface area (Å²) in [5.74, 6) is -0.143. The summed E-state index contributed by atoms with van der Waals surface area (Å²) in [7, 11) is 0. The third-order valence-electron chi connectivity index (χ3n) is 2.46. The number of benzene rings is 1. The molecule has 0 saturated carbocycles. The average Bonchev–Trinajstić information content (AvgIpc) is 2.24. The van der Waals surface area contributed by atoms with Crippen molar-refractivity contribution >= 4 is 44.4 Å². The predicted molar refractivity (Wildman–Crippen MR) is 79.0 cm³/mol. The summed E-state index contributed by atoms with van der Waals surface area (Å²) in [6.07, 6.45) is 0. The van der Waals surface area contributed by atoms with Gasteiger partial charge in [0.15, 0.2) is 0 Å². The topological polar surface area (TPSA) is 29.1 Å². The van der Waals surface area contributed by atoms with Gasteiger partial charge in [0, 0.05) is 14.9 Å². The van der Waals surface area contributed by atoms with Crippen LogP contribution in [0.25, 0.3) is 0 Å². The van der Waals surface area contributed by atoms with Crippen molar-refractivity contribution in [1.29, 1.82) is 0 Å². The smallest absolute Gasteiger partial charge is 0.252 e. The first-order valence-corrected chi connectivity index (χ1v) is 7.47. The number of rotatable bonds is 4. The lowest BCUT2D eigenvalue weighted by atomic mass is 10.1. The molecule has 0 bridgehead atoms. The van der Waals surface area contributed by atoms with Gasteiger partial charge in [-0.1, -0.05) is 29.8 Å². The summed E-state index contributed by atoms with van der Waals surface area (Å²) < 4.78 is 13.5. The number of nitrogens with one attached hydrogen (secondary N) is 1. The van der Waals surface area contributed by atoms with E-state index in [0.29, 0.717) is 20.4 Å². The Kier molecular flexibility index (Phi) is 5.85. The van der Waals surface area contributed by atoms with Gasteiger partial charge in [0.05, 0.1) is 5.56 Å². The molecule has 1 rings (SSSR count). The zero-order valence-electron chi connectivity index (χ0n) is 9.64. The van der Waals surface area contributed by atoms with E-state index in [4.69, 9.17) is 0 Å². The molecule has 5 heteroatoms. The van der Waals surface area contributed by atoms with Gasteiger partial charge >= 0.3 is 0 Å². The van der Waals surface area contributed by atoms with Crippen molar-refractivity contribution < 1.29 is 9.18 Å². The van der Waals surface area contributed by atoms with Gasteiger partial charge in [0.2, 0.25) is 0 Å². The van der Waals surface area contributed by atoms with Crippen molar-refractivity contribution in [3.8, 4) is 0 Å². The maximum absolute atomic E-state index is 12.9. The van der Waals surface area contributed by atoms with Crippen LogP contribution in [0.5, 0.6) is 0 Å². The second kappa shape index (κ2) is 6.68. The number of alkyl halides is 1. The van der Waals surface area contributed by atoms with Gasteiger partial charge < -0.3 is 5.32 Å². The highest BCUT2D eigenvalue weighted by Crippen LogP contribution is 2.15. The summed E-state index contributed by atoms with van der Waals surface area (Å²) in [5.41, 5.74) is 0.513. The molecule has 1 N–H and O–H groups in total. The Labute approximate surface area is 123 Å². The molecule has 1 aromatic carbocycles. The van der Waals surface area contributed by atoms with Crippen molar-refractivity contribution in [2.24, 2.45) is 5.92 Å². The van der Waals surface area contributed by atoms with Gasteiger partial charge in [-0.05, 0) is 46.7 Å². The first kappa shape index (κ1) is 14.9. The van der Waals surface area contributed by atoms with Crippen molar-refractivity contribution in [3.63, 3.8) is 0 Å². The standard InChI is InChI=1S/C12H14BrFINO/c1-7(2)11(6-13)16-12(17)9-4-3-8(14)5-10(9)15/h3-5,7,11H,6H2,1-2H3,(H,16,17). The molecule has 1 aromatic rings. The van der Waals surface area contributed by atoms with Crippen LogP contribution in [-0.4, -0.2) is 17.3 Å². The Morgan fingerprint density at radius 3 is 2.65 bits per heavy atom. The SMILES string of the molecule is CC(C)C(CBr)NC(=O)c1ccc(F)cc1I. The molecule has 1 amide bonds. The molecule has 0 aliphatic heterocycles. The minimum atomic E-state index is -0.327. The van der Waals surface area contributed by atoms with E-state index >= 15 is 0 Å². The highest BCUT2D eigenvalue weighted by molar-refractivity contribution is 14.1. The van der Waals surface area contributed by atoms with Gasteiger partial charge in [-0.15, -0.1) is 0 Å². The number of halogens is 3. The molecule has 0 aromatic heterocycles. The lowest BCUT2D eigenvalue weighted by Crippen LogP contribution is -2.40. The van der Waals surface area contributed by atoms with E-state index < -0.39 is 0 Å². The Morgan fingerprint density at radius 1 is 1.53 bits per heavy atom. The minimum absolute atomic E-state index is 0.0725. The minimum Gasteiger partial charge on any atom is -0.348 e. The maximum Gasteiger partial charge on any atom is 0.252 e. The second-order valence-electron chi connectivity index (χ2n) is 4.10. The first-order valence-electron chi connectivity index (χ1n) is 5.27. The molecule has 0 spiro atoms. The van der Waals surface area contributed by atoms with Crippen LogP contribution in [0.4, 0.5) is 4.39 Å². The van der Waals surface area contributed by atoms with Gasteiger partial charge in [-0.3, -0.25) is 4.79 Å². The normalized spacial score (nSPS) is 12.6. The Morgan fingerprint density at radius 2 is 2.18 bits per heavy atom. The Bertz CT molecular complexity index is 411. The van der Waals surface area contributed by atoms with E-state index in [-0.39, 0.29) is 17.8 Å². The summed E-state index contributed by atoms with van der Waals surface area (Å²) in [5, 5.41) is 3.63. The van der Waals surface area contributed by atoms with Gasteiger partial charge in [-0.2, -0.15) is 0 Å². The average molecular weight is 414 g/mol. The lowest BCUT2D eigenvalue weighted by Gasteiger charge is -2.20. The first-order chi connectivity index (χ1) is 7.95. The monoisotopic (exact) mass is 413 g/mol. The van der Waals surface area contributed by atoms with E-state index in [9.17, 15) is 9.18 Å². The number of carbonyl (C=O) groups excluding carboxylic acids is 1. The van der Waals surface area contributed by atoms with Crippen LogP contribution in [0.15, 0.2) is 18.2 Å². The highest BCUT2D eigenvalue weighted by Gasteiger charge is 2.17. The van der Waals surface area contributed by atoms with Crippen molar-refractivity contribution in [1.82, 2.24) is 5.32 Å². The van der Waals surface area contributed by atoms with E-state index in [2.05, 4.69) is 21.2 Å². The molecule has 2 nitrogen and oxygen atoms in total. The van der Waals surface area contributed by atoms with Crippen molar-refractivity contribution in [2.45, 2.75) is 19.9 Å². The molecule has 0 heterocycles. The quantitative estimate of drug-likeness (QED) is 0.593. The molecule has 17 heavy (non-hydrogen) atoms. The Hall–Kier alpha value is -0.170. The van der Waals surface area contributed by atoms with E-state index in [1.165, 1.54) is 18.2 Å². The van der Waals surface area contributed by atoms with E-state index in [1.807, 2.05) is 36.4 Å². The third-order valence-corrected chi connectivity index (χ3v) is 4.05. The summed E-state index contributed by atoms with van der Waals surface area (Å²) >= 11 is 5.34. The van der Waals surface area contributed by atoms with E-state index in [0.717, 1.165) is 0 Å². The fourth-order valence-electron chi connectivity index (χ4n) is 1.30. The lowest BCUT2D eigenvalue weighted by molar-refractivity contribution is 0.0931. The maximum atomic E-state index is 12.9. The van der Waals surface area contributed by atoms with Gasteiger partial charge in [-0.25, -0.2) is 4.39 Å². The summed E-state index contributed by atoms with van der Waals surface area (Å²) in [6.45, 7) is 4.09. The molecule has 0 radical (unpaired) electrons. The Balaban J connectivity index is 2.82. The predicted octanol–water partition coefficient (Wildman–Crippen LogP) is 3.58. The van der Waals surface area contributed by atoms with Crippen LogP contribution in [-0.2, 0) is 0 Å². The molecular weight excluding hydrogens is 400 g/mol. The molecular formula is C12H14BrFINO. The number of carbonyl (C=O) groups is 1. The largest absolute Gasteiger partial charge is 0.348 e. The van der Waals surface area contributed by atoms with Crippen LogP contribution < -0.4 is 5.32 Å². The fraction of sp³-hybridized carbons (Fsp3) is 0.417. The number of hydrogen-bond acceptors (Lipinski definition) is 1. The summed E-state index contributed by atoms with van der Waals surface area (Å²) in [6, 6.07) is 4.24. The molecule has 0 saturated heterocycles. The van der Waals surface area contributed by atoms with Crippen LogP contribution in [0.2, 0.25) is 0 Å². The fourth-order valence-corrected chi connectivity index (χ4v) is 2.93. The molecule has 0 aliphatic carbocycles. The number of hydrogen-bond donors (Lipinski definition) is 1. The van der Waals surface area contributed by atoms with Crippen molar-refractivity contribution in [3.05, 3.63) is 33.1 Å².